The second kappa shape index (κ2) is 5.40. The molecule has 0 saturated carbocycles. The van der Waals surface area contributed by atoms with Gasteiger partial charge in [-0.2, -0.15) is 20.1 Å². The smallest absolute Gasteiger partial charge is 0.322 e. The molecular weight excluding hydrogens is 242 g/mol. The molecule has 2 aromatic heterocycles. The first-order valence-electron chi connectivity index (χ1n) is 4.95. The molecule has 7 heteroatoms. The largest absolute Gasteiger partial charge is 0.463 e. The highest BCUT2D eigenvalue weighted by atomic mass is 35.5. The molecule has 0 aliphatic carbocycles. The second-order valence-electron chi connectivity index (χ2n) is 3.06. The molecule has 0 aliphatic rings. The van der Waals surface area contributed by atoms with Crippen LogP contribution < -0.4 is 4.74 Å². The van der Waals surface area contributed by atoms with Crippen molar-refractivity contribution < 1.29 is 4.74 Å². The molecule has 2 heterocycles. The number of nitrogens with zero attached hydrogens (tertiary/aromatic N) is 5. The molecule has 2 aromatic rings. The van der Waals surface area contributed by atoms with Crippen LogP contribution in [-0.4, -0.2) is 31.3 Å². The molecule has 17 heavy (non-hydrogen) atoms. The first-order chi connectivity index (χ1) is 8.29. The Labute approximate surface area is 103 Å². The van der Waals surface area contributed by atoms with E-state index in [1.54, 1.807) is 24.5 Å². The van der Waals surface area contributed by atoms with Gasteiger partial charge in [-0.25, -0.2) is 4.68 Å². The fraction of sp³-hybridized carbons (Fsp3) is 0.200. The van der Waals surface area contributed by atoms with Crippen LogP contribution in [0.3, 0.4) is 0 Å². The van der Waals surface area contributed by atoms with Gasteiger partial charge in [0.1, 0.15) is 0 Å². The van der Waals surface area contributed by atoms with Gasteiger partial charge in [-0.05, 0) is 24.1 Å². The van der Waals surface area contributed by atoms with Crippen molar-refractivity contribution in [3.63, 3.8) is 0 Å². The highest BCUT2D eigenvalue weighted by molar-refractivity contribution is 6.28. The van der Waals surface area contributed by atoms with Gasteiger partial charge in [0.15, 0.2) is 0 Å². The molecule has 0 radical (unpaired) electrons. The van der Waals surface area contributed by atoms with Crippen LogP contribution in [0, 0.1) is 0 Å². The average Bonchev–Trinajstić information content (AvgIpc) is 2.82. The lowest BCUT2D eigenvalue weighted by Crippen LogP contribution is -2.07. The van der Waals surface area contributed by atoms with Crippen molar-refractivity contribution in [1.82, 2.24) is 24.7 Å². The highest BCUT2D eigenvalue weighted by Gasteiger charge is 2.07. The molecule has 0 unspecified atom stereocenters. The van der Waals surface area contributed by atoms with Gasteiger partial charge in [-0.15, -0.1) is 6.58 Å². The van der Waals surface area contributed by atoms with Crippen LogP contribution in [0.2, 0.25) is 5.28 Å². The lowest BCUT2D eigenvalue weighted by molar-refractivity contribution is 0.297. The lowest BCUT2D eigenvalue weighted by Gasteiger charge is -2.04. The topological polar surface area (TPSA) is 65.7 Å². The summed E-state index contributed by atoms with van der Waals surface area (Å²) in [4.78, 5) is 11.9. The van der Waals surface area contributed by atoms with E-state index in [0.29, 0.717) is 19.0 Å². The van der Waals surface area contributed by atoms with Crippen LogP contribution in [0.25, 0.3) is 5.95 Å². The van der Waals surface area contributed by atoms with Crippen molar-refractivity contribution >= 4 is 11.6 Å². The number of aromatic nitrogens is 5. The summed E-state index contributed by atoms with van der Waals surface area (Å²) in [5, 5.41) is 4.07. The van der Waals surface area contributed by atoms with Gasteiger partial charge >= 0.3 is 6.01 Å². The zero-order chi connectivity index (χ0) is 12.1. The van der Waals surface area contributed by atoms with Crippen LogP contribution in [0.15, 0.2) is 31.1 Å². The van der Waals surface area contributed by atoms with Crippen molar-refractivity contribution in [2.75, 3.05) is 6.61 Å². The summed E-state index contributed by atoms with van der Waals surface area (Å²) in [5.41, 5.74) is 0. The Kier molecular flexibility index (Phi) is 3.66. The molecule has 0 N–H and O–H groups in total. The molecule has 0 bridgehead atoms. The summed E-state index contributed by atoms with van der Waals surface area (Å²) in [6, 6.07) is 1.94. The molecule has 6 nitrogen and oxygen atoms in total. The van der Waals surface area contributed by atoms with E-state index in [1.165, 1.54) is 4.68 Å². The monoisotopic (exact) mass is 251 g/mol. The maximum atomic E-state index is 5.78. The van der Waals surface area contributed by atoms with Crippen LogP contribution in [0.5, 0.6) is 6.01 Å². The van der Waals surface area contributed by atoms with E-state index >= 15 is 0 Å². The predicted molar refractivity (Wildman–Crippen MR) is 62.3 cm³/mol. The molecule has 2 rings (SSSR count). The third-order valence-electron chi connectivity index (χ3n) is 1.84. The van der Waals surface area contributed by atoms with Crippen molar-refractivity contribution in [3.05, 3.63) is 36.4 Å². The molecule has 0 aromatic carbocycles. The maximum absolute atomic E-state index is 5.78. The third-order valence-corrected chi connectivity index (χ3v) is 2.01. The average molecular weight is 252 g/mol. The Balaban J connectivity index is 2.20. The van der Waals surface area contributed by atoms with Crippen LogP contribution in [0.4, 0.5) is 0 Å². The van der Waals surface area contributed by atoms with Gasteiger partial charge < -0.3 is 4.74 Å². The molecule has 0 aliphatic heterocycles. The van der Waals surface area contributed by atoms with Crippen molar-refractivity contribution in [3.8, 4) is 12.0 Å². The zero-order valence-corrected chi connectivity index (χ0v) is 9.71. The van der Waals surface area contributed by atoms with E-state index in [1.807, 2.05) is 0 Å². The quantitative estimate of drug-likeness (QED) is 0.597. The van der Waals surface area contributed by atoms with Gasteiger partial charge in [0.2, 0.25) is 5.28 Å². The van der Waals surface area contributed by atoms with Crippen molar-refractivity contribution in [2.24, 2.45) is 0 Å². The van der Waals surface area contributed by atoms with Crippen molar-refractivity contribution in [2.45, 2.75) is 6.42 Å². The molecule has 0 fully saturated rings. The minimum atomic E-state index is 0.0686. The maximum Gasteiger partial charge on any atom is 0.322 e. The van der Waals surface area contributed by atoms with E-state index in [9.17, 15) is 0 Å². The first kappa shape index (κ1) is 11.5. The summed E-state index contributed by atoms with van der Waals surface area (Å²) in [6.07, 6.45) is 5.78. The van der Waals surface area contributed by atoms with Crippen LogP contribution in [-0.2, 0) is 0 Å². The Morgan fingerprint density at radius 1 is 1.41 bits per heavy atom. The van der Waals surface area contributed by atoms with E-state index in [2.05, 4.69) is 26.6 Å². The fourth-order valence-corrected chi connectivity index (χ4v) is 1.26. The second-order valence-corrected chi connectivity index (χ2v) is 3.40. The van der Waals surface area contributed by atoms with E-state index < -0.39 is 0 Å². The van der Waals surface area contributed by atoms with Gasteiger partial charge in [0, 0.05) is 12.4 Å². The number of hydrogen-bond acceptors (Lipinski definition) is 5. The van der Waals surface area contributed by atoms with Crippen molar-refractivity contribution in [1.29, 1.82) is 0 Å². The molecule has 0 amide bonds. The van der Waals surface area contributed by atoms with Gasteiger partial charge in [0.05, 0.1) is 6.61 Å². The molecule has 0 saturated heterocycles. The first-order valence-corrected chi connectivity index (χ1v) is 5.32. The SMILES string of the molecule is C=CCCOc1nc(Cl)nc(-n2cccn2)n1. The van der Waals surface area contributed by atoms with Crippen LogP contribution in [0.1, 0.15) is 6.42 Å². The standard InChI is InChI=1S/C10H10ClN5O/c1-2-3-7-17-10-14-8(11)13-9(15-10)16-6-4-5-12-16/h2,4-6H,1,3,7H2. The minimum Gasteiger partial charge on any atom is -0.463 e. The summed E-state index contributed by atoms with van der Waals surface area (Å²) in [6.45, 7) is 4.04. The molecule has 0 spiro atoms. The Morgan fingerprint density at radius 3 is 3.00 bits per heavy atom. The van der Waals surface area contributed by atoms with E-state index in [-0.39, 0.29) is 11.3 Å². The minimum absolute atomic E-state index is 0.0686. The fourth-order valence-electron chi connectivity index (χ4n) is 1.11. The number of rotatable bonds is 5. The Morgan fingerprint density at radius 2 is 2.29 bits per heavy atom. The number of hydrogen-bond donors (Lipinski definition) is 0. The predicted octanol–water partition coefficient (Wildman–Crippen LogP) is 1.67. The van der Waals surface area contributed by atoms with Crippen LogP contribution >= 0.6 is 11.6 Å². The molecule has 88 valence electrons. The van der Waals surface area contributed by atoms with Gasteiger partial charge in [-0.3, -0.25) is 0 Å². The third kappa shape index (κ3) is 3.01. The lowest BCUT2D eigenvalue weighted by atomic mass is 10.5. The summed E-state index contributed by atoms with van der Waals surface area (Å²) in [5.74, 6) is 0.323. The summed E-state index contributed by atoms with van der Waals surface area (Å²) >= 11 is 5.78. The molecule has 0 atom stereocenters. The normalized spacial score (nSPS) is 10.2. The summed E-state index contributed by atoms with van der Waals surface area (Å²) < 4.78 is 6.79. The highest BCUT2D eigenvalue weighted by Crippen LogP contribution is 2.10. The van der Waals surface area contributed by atoms with Gasteiger partial charge in [-0.1, -0.05) is 6.08 Å². The Bertz CT molecular complexity index is 499. The van der Waals surface area contributed by atoms with Gasteiger partial charge in [0.25, 0.3) is 5.95 Å². The van der Waals surface area contributed by atoms with E-state index in [4.69, 9.17) is 16.3 Å². The number of ether oxygens (including phenoxy) is 1. The Hall–Kier alpha value is -1.95. The van der Waals surface area contributed by atoms with E-state index in [0.717, 1.165) is 0 Å². The summed E-state index contributed by atoms with van der Waals surface area (Å²) in [7, 11) is 0. The molecular formula is C10H10ClN5O. The number of halogens is 1. The zero-order valence-electron chi connectivity index (χ0n) is 8.95.